The molecule has 0 radical (unpaired) electrons. The zero-order chi connectivity index (χ0) is 17.2. The van der Waals surface area contributed by atoms with E-state index in [0.717, 1.165) is 5.56 Å². The van der Waals surface area contributed by atoms with Gasteiger partial charge in [-0.25, -0.2) is 9.59 Å². The zero-order valence-corrected chi connectivity index (χ0v) is 14.5. The summed E-state index contributed by atoms with van der Waals surface area (Å²) in [5.41, 5.74) is 6.73. The van der Waals surface area contributed by atoms with Gasteiger partial charge >= 0.3 is 11.9 Å². The summed E-state index contributed by atoms with van der Waals surface area (Å²) in [6, 6.07) is 7.04. The van der Waals surface area contributed by atoms with E-state index in [1.165, 1.54) is 0 Å². The van der Waals surface area contributed by atoms with Crippen LogP contribution in [-0.2, 0) is 23.9 Å². The van der Waals surface area contributed by atoms with Gasteiger partial charge in [0.25, 0.3) is 0 Å². The number of ether oxygens (including phenoxy) is 2. The number of amides is 1. The van der Waals surface area contributed by atoms with Gasteiger partial charge in [0.2, 0.25) is 11.9 Å². The molecule has 0 saturated heterocycles. The third-order valence-corrected chi connectivity index (χ3v) is 2.98. The monoisotopic (exact) mass is 358 g/mol. The van der Waals surface area contributed by atoms with Crippen LogP contribution in [0.4, 0.5) is 0 Å². The van der Waals surface area contributed by atoms with Gasteiger partial charge < -0.3 is 20.5 Å². The van der Waals surface area contributed by atoms with Gasteiger partial charge in [0.1, 0.15) is 0 Å². The van der Waals surface area contributed by atoms with Crippen LogP contribution in [0.1, 0.15) is 31.9 Å². The lowest BCUT2D eigenvalue weighted by atomic mass is 10.0. The first-order valence-corrected chi connectivity index (χ1v) is 7.42. The highest BCUT2D eigenvalue weighted by atomic mass is 35.5. The van der Waals surface area contributed by atoms with Crippen LogP contribution in [0.25, 0.3) is 0 Å². The lowest BCUT2D eigenvalue weighted by Crippen LogP contribution is -2.48. The van der Waals surface area contributed by atoms with E-state index in [1.807, 2.05) is 18.2 Å². The smallest absolute Gasteiger partial charge is 0.340 e. The summed E-state index contributed by atoms with van der Waals surface area (Å²) in [4.78, 5) is 35.6. The molecular weight excluding hydrogens is 336 g/mol. The molecule has 7 nitrogen and oxygen atoms in total. The second-order valence-electron chi connectivity index (χ2n) is 4.73. The summed E-state index contributed by atoms with van der Waals surface area (Å²) in [6.07, 6.45) is -0.0701. The molecule has 0 fully saturated rings. The van der Waals surface area contributed by atoms with E-state index in [0.29, 0.717) is 0 Å². The minimum atomic E-state index is -1.48. The second kappa shape index (κ2) is 11.4. The van der Waals surface area contributed by atoms with Crippen molar-refractivity contribution < 1.29 is 23.9 Å². The molecule has 0 bridgehead atoms. The fourth-order valence-corrected chi connectivity index (χ4v) is 1.90. The first kappa shape index (κ1) is 21.9. The van der Waals surface area contributed by atoms with Crippen molar-refractivity contribution in [3.8, 4) is 0 Å². The third-order valence-electron chi connectivity index (χ3n) is 2.98. The summed E-state index contributed by atoms with van der Waals surface area (Å²) in [5, 5.41) is 2.32. The van der Waals surface area contributed by atoms with Crippen LogP contribution in [0.15, 0.2) is 30.3 Å². The Hall–Kier alpha value is -2.12. The number of nitrogens with two attached hydrogens (primary N) is 1. The van der Waals surface area contributed by atoms with Crippen molar-refractivity contribution in [3.05, 3.63) is 35.9 Å². The van der Waals surface area contributed by atoms with Gasteiger partial charge in [-0.2, -0.15) is 0 Å². The molecule has 1 atom stereocenters. The maximum Gasteiger partial charge on any atom is 0.340 e. The Kier molecular flexibility index (Phi) is 10.4. The normalized spacial score (nSPS) is 11.2. The largest absolute Gasteiger partial charge is 0.464 e. The maximum absolute atomic E-state index is 12.0. The van der Waals surface area contributed by atoms with E-state index in [2.05, 4.69) is 5.32 Å². The standard InChI is InChI=1S/C16H22N2O5.ClH/c1-3-22-15(20)14(16(21)23-4-2)18-13(19)10-12(17)11-8-6-5-7-9-11;/h5-9,12,14H,3-4,10,17H2,1-2H3,(H,18,19);1H. The van der Waals surface area contributed by atoms with E-state index < -0.39 is 29.9 Å². The van der Waals surface area contributed by atoms with Crippen LogP contribution in [-0.4, -0.2) is 37.1 Å². The molecule has 8 heteroatoms. The molecule has 0 aliphatic heterocycles. The highest BCUT2D eigenvalue weighted by molar-refractivity contribution is 6.02. The molecule has 0 spiro atoms. The summed E-state index contributed by atoms with van der Waals surface area (Å²) in [7, 11) is 0. The average molecular weight is 359 g/mol. The van der Waals surface area contributed by atoms with E-state index in [-0.39, 0.29) is 32.0 Å². The van der Waals surface area contributed by atoms with Gasteiger partial charge in [-0.1, -0.05) is 30.3 Å². The predicted molar refractivity (Wildman–Crippen MR) is 90.4 cm³/mol. The lowest BCUT2D eigenvalue weighted by Gasteiger charge is -2.17. The van der Waals surface area contributed by atoms with Crippen LogP contribution >= 0.6 is 12.4 Å². The van der Waals surface area contributed by atoms with Gasteiger partial charge in [0.15, 0.2) is 0 Å². The molecule has 0 aromatic heterocycles. The minimum absolute atomic E-state index is 0. The number of hydrogen-bond donors (Lipinski definition) is 2. The van der Waals surface area contributed by atoms with Crippen LogP contribution in [0.5, 0.6) is 0 Å². The molecule has 0 heterocycles. The second-order valence-corrected chi connectivity index (χ2v) is 4.73. The van der Waals surface area contributed by atoms with E-state index in [1.54, 1.807) is 26.0 Å². The van der Waals surface area contributed by atoms with Crippen molar-refractivity contribution in [1.29, 1.82) is 0 Å². The Morgan fingerprint density at radius 1 is 1.04 bits per heavy atom. The Bertz CT molecular complexity index is 521. The molecule has 1 aromatic carbocycles. The number of hydrogen-bond acceptors (Lipinski definition) is 6. The third kappa shape index (κ3) is 6.97. The fraction of sp³-hybridized carbons (Fsp3) is 0.438. The minimum Gasteiger partial charge on any atom is -0.464 e. The van der Waals surface area contributed by atoms with Gasteiger partial charge in [0.05, 0.1) is 13.2 Å². The topological polar surface area (TPSA) is 108 Å². The van der Waals surface area contributed by atoms with Crippen LogP contribution < -0.4 is 11.1 Å². The molecule has 1 aromatic rings. The van der Waals surface area contributed by atoms with Gasteiger partial charge in [-0.05, 0) is 19.4 Å². The number of esters is 2. The first-order valence-electron chi connectivity index (χ1n) is 7.42. The number of carbonyl (C=O) groups is 3. The van der Waals surface area contributed by atoms with Crippen molar-refractivity contribution in [2.24, 2.45) is 5.73 Å². The Morgan fingerprint density at radius 2 is 1.54 bits per heavy atom. The Labute approximate surface area is 147 Å². The summed E-state index contributed by atoms with van der Waals surface area (Å²) in [5.74, 6) is -2.24. The molecule has 1 amide bonds. The highest BCUT2D eigenvalue weighted by Gasteiger charge is 2.31. The van der Waals surface area contributed by atoms with E-state index in [4.69, 9.17) is 15.2 Å². The Morgan fingerprint density at radius 3 is 2.00 bits per heavy atom. The number of rotatable bonds is 8. The fourth-order valence-electron chi connectivity index (χ4n) is 1.90. The molecule has 0 saturated carbocycles. The number of halogens is 1. The number of carbonyl (C=O) groups excluding carboxylic acids is 3. The van der Waals surface area contributed by atoms with Crippen molar-refractivity contribution >= 4 is 30.3 Å². The van der Waals surface area contributed by atoms with Gasteiger partial charge in [0, 0.05) is 12.5 Å². The summed E-state index contributed by atoms with van der Waals surface area (Å²) in [6.45, 7) is 3.39. The molecule has 0 aliphatic rings. The van der Waals surface area contributed by atoms with Crippen LogP contribution in [0.3, 0.4) is 0 Å². The lowest BCUT2D eigenvalue weighted by molar-refractivity contribution is -0.159. The number of nitrogens with one attached hydrogen (secondary N) is 1. The van der Waals surface area contributed by atoms with E-state index in [9.17, 15) is 14.4 Å². The molecule has 24 heavy (non-hydrogen) atoms. The first-order chi connectivity index (χ1) is 11.0. The van der Waals surface area contributed by atoms with Crippen molar-refractivity contribution in [2.45, 2.75) is 32.4 Å². The van der Waals surface area contributed by atoms with Crippen LogP contribution in [0.2, 0.25) is 0 Å². The highest BCUT2D eigenvalue weighted by Crippen LogP contribution is 2.13. The molecule has 1 unspecified atom stereocenters. The molecule has 134 valence electrons. The van der Waals surface area contributed by atoms with Crippen molar-refractivity contribution in [3.63, 3.8) is 0 Å². The quantitative estimate of drug-likeness (QED) is 0.532. The summed E-state index contributed by atoms with van der Waals surface area (Å²) < 4.78 is 9.55. The van der Waals surface area contributed by atoms with Crippen molar-refractivity contribution in [1.82, 2.24) is 5.32 Å². The van der Waals surface area contributed by atoms with Crippen molar-refractivity contribution in [2.75, 3.05) is 13.2 Å². The van der Waals surface area contributed by atoms with E-state index >= 15 is 0 Å². The molecule has 1 rings (SSSR count). The number of benzene rings is 1. The zero-order valence-electron chi connectivity index (χ0n) is 13.7. The van der Waals surface area contributed by atoms with Crippen LogP contribution in [0, 0.1) is 0 Å². The molecule has 0 aliphatic carbocycles. The van der Waals surface area contributed by atoms with Gasteiger partial charge in [-0.3, -0.25) is 4.79 Å². The predicted octanol–water partition coefficient (Wildman–Crippen LogP) is 1.11. The molecular formula is C16H23ClN2O5. The summed E-state index contributed by atoms with van der Waals surface area (Å²) >= 11 is 0. The molecule has 3 N–H and O–H groups in total. The Balaban J connectivity index is 0.00000529. The maximum atomic E-state index is 12.0. The average Bonchev–Trinajstić information content (AvgIpc) is 2.53. The van der Waals surface area contributed by atoms with Gasteiger partial charge in [-0.15, -0.1) is 12.4 Å². The SMILES string of the molecule is CCOC(=O)C(NC(=O)CC(N)c1ccccc1)C(=O)OCC.Cl.